The molecule has 2 aliphatic heterocycles. The van der Waals surface area contributed by atoms with Gasteiger partial charge in [-0.05, 0) is 43.5 Å². The third-order valence-corrected chi connectivity index (χ3v) is 11.5. The minimum atomic E-state index is -1.10. The molecule has 1 aliphatic carbocycles. The van der Waals surface area contributed by atoms with Crippen LogP contribution < -0.4 is 20.1 Å². The minimum absolute atomic E-state index is 0.0346. The molecule has 2 aromatic carbocycles. The number of carboxylic acid groups (broad SMARTS) is 1. The molecular weight excluding hydrogens is 731 g/mol. The van der Waals surface area contributed by atoms with Gasteiger partial charge in [-0.15, -0.1) is 0 Å². The highest BCUT2D eigenvalue weighted by Crippen LogP contribution is 2.48. The Morgan fingerprint density at radius 2 is 1.76 bits per heavy atom. The average molecular weight is 774 g/mol. The van der Waals surface area contributed by atoms with E-state index in [1.165, 1.54) is 12.0 Å². The van der Waals surface area contributed by atoms with Gasteiger partial charge in [-0.25, -0.2) is 9.78 Å². The van der Waals surface area contributed by atoms with Crippen LogP contribution in [0.15, 0.2) is 60.8 Å². The van der Waals surface area contributed by atoms with Crippen LogP contribution in [-0.2, 0) is 22.7 Å². The monoisotopic (exact) mass is 772 g/mol. The molecule has 2 aromatic heterocycles. The summed E-state index contributed by atoms with van der Waals surface area (Å²) in [5, 5.41) is 17.2. The van der Waals surface area contributed by atoms with Crippen molar-refractivity contribution >= 4 is 41.1 Å². The molecule has 7 rings (SSSR count). The Morgan fingerprint density at radius 3 is 2.44 bits per heavy atom. The van der Waals surface area contributed by atoms with E-state index in [4.69, 9.17) is 37.7 Å². The summed E-state index contributed by atoms with van der Waals surface area (Å²) >= 11 is 14.2. The lowest BCUT2D eigenvalue weighted by Crippen LogP contribution is -2.66. The maximum Gasteiger partial charge on any atom is 0.407 e. The highest BCUT2D eigenvalue weighted by molar-refractivity contribution is 6.39. The van der Waals surface area contributed by atoms with Crippen molar-refractivity contribution in [3.63, 3.8) is 0 Å². The summed E-state index contributed by atoms with van der Waals surface area (Å²) < 4.78 is 11.4. The first-order valence-corrected chi connectivity index (χ1v) is 18.6. The highest BCUT2D eigenvalue weighted by Gasteiger charge is 2.52. The summed E-state index contributed by atoms with van der Waals surface area (Å²) in [5.41, 5.74) is 5.81. The number of amides is 3. The van der Waals surface area contributed by atoms with Crippen molar-refractivity contribution in [3.8, 4) is 45.3 Å². The molecule has 3 aliphatic rings. The van der Waals surface area contributed by atoms with Gasteiger partial charge in [0.25, 0.3) is 0 Å². The van der Waals surface area contributed by atoms with Gasteiger partial charge in [-0.3, -0.25) is 14.6 Å². The van der Waals surface area contributed by atoms with Gasteiger partial charge in [0, 0.05) is 96.6 Å². The van der Waals surface area contributed by atoms with E-state index in [1.54, 1.807) is 32.4 Å². The fourth-order valence-corrected chi connectivity index (χ4v) is 8.52. The SMILES string of the molecule is COc1cc(-c2nccc(-c3cccc(-c4ccc(CN(C[C@@H]5CCC(=O)N5)C(=O)O)c(OC)n4)c3Cl)c2Cl)ccc1CNC1CC2(C1)CN(C(C)=O)C2. The van der Waals surface area contributed by atoms with Crippen LogP contribution in [0.1, 0.15) is 43.7 Å². The molecule has 3 amide bonds. The van der Waals surface area contributed by atoms with E-state index in [0.717, 1.165) is 42.8 Å². The molecule has 2 saturated heterocycles. The smallest absolute Gasteiger partial charge is 0.407 e. The van der Waals surface area contributed by atoms with Gasteiger partial charge in [0.2, 0.25) is 17.7 Å². The van der Waals surface area contributed by atoms with Gasteiger partial charge in [0.1, 0.15) is 5.75 Å². The fourth-order valence-electron chi connectivity index (χ4n) is 7.87. The maximum atomic E-state index is 12.1. The van der Waals surface area contributed by atoms with Crippen LogP contribution >= 0.6 is 23.2 Å². The van der Waals surface area contributed by atoms with E-state index in [1.807, 2.05) is 47.4 Å². The number of rotatable bonds is 12. The zero-order chi connectivity index (χ0) is 38.1. The lowest BCUT2D eigenvalue weighted by Gasteiger charge is -2.59. The van der Waals surface area contributed by atoms with Gasteiger partial charge >= 0.3 is 6.09 Å². The Morgan fingerprint density at radius 1 is 1.02 bits per heavy atom. The van der Waals surface area contributed by atoms with Crippen LogP contribution in [0.25, 0.3) is 33.6 Å². The number of halogens is 2. The van der Waals surface area contributed by atoms with E-state index >= 15 is 0 Å². The second kappa shape index (κ2) is 15.4. The first-order valence-electron chi connectivity index (χ1n) is 17.9. The number of hydrogen-bond donors (Lipinski definition) is 3. The molecule has 3 N–H and O–H groups in total. The molecule has 4 heterocycles. The Kier molecular flexibility index (Phi) is 10.7. The zero-order valence-electron chi connectivity index (χ0n) is 30.3. The number of carbonyl (C=O) groups excluding carboxylic acids is 2. The van der Waals surface area contributed by atoms with Crippen molar-refractivity contribution in [2.75, 3.05) is 33.9 Å². The third-order valence-electron chi connectivity index (χ3n) is 10.7. The number of hydrogen-bond acceptors (Lipinski definition) is 8. The van der Waals surface area contributed by atoms with Crippen LogP contribution in [0.3, 0.4) is 0 Å². The van der Waals surface area contributed by atoms with Crippen molar-refractivity contribution in [1.82, 2.24) is 30.4 Å². The predicted octanol–water partition coefficient (Wildman–Crippen LogP) is 6.66. The van der Waals surface area contributed by atoms with Gasteiger partial charge in [-0.2, -0.15) is 0 Å². The van der Waals surface area contributed by atoms with Gasteiger partial charge < -0.3 is 35.0 Å². The fraction of sp³-hybridized carbons (Fsp3) is 0.375. The second-order valence-corrected chi connectivity index (χ2v) is 15.2. The first kappa shape index (κ1) is 37.4. The molecule has 54 heavy (non-hydrogen) atoms. The lowest BCUT2D eigenvalue weighted by atomic mass is 9.60. The van der Waals surface area contributed by atoms with Crippen molar-refractivity contribution in [2.24, 2.45) is 5.41 Å². The summed E-state index contributed by atoms with van der Waals surface area (Å²) in [6, 6.07) is 17.1. The van der Waals surface area contributed by atoms with Crippen molar-refractivity contribution in [2.45, 2.75) is 57.8 Å². The number of benzene rings is 2. The number of carbonyl (C=O) groups is 3. The minimum Gasteiger partial charge on any atom is -0.496 e. The third kappa shape index (κ3) is 7.55. The Bertz CT molecular complexity index is 2100. The van der Waals surface area contributed by atoms with Crippen LogP contribution in [0, 0.1) is 5.41 Å². The maximum absolute atomic E-state index is 12.1. The van der Waals surface area contributed by atoms with E-state index in [0.29, 0.717) is 69.1 Å². The molecule has 3 fully saturated rings. The molecule has 0 unspecified atom stereocenters. The van der Waals surface area contributed by atoms with Crippen LogP contribution in [0.2, 0.25) is 10.0 Å². The molecular formula is C40H42Cl2N6O6. The van der Waals surface area contributed by atoms with E-state index in [9.17, 15) is 19.5 Å². The van der Waals surface area contributed by atoms with Gasteiger partial charge in [0.15, 0.2) is 0 Å². The summed E-state index contributed by atoms with van der Waals surface area (Å²) in [7, 11) is 3.13. The number of nitrogens with one attached hydrogen (secondary N) is 2. The standard InChI is InChI=1S/C40H42Cl2N6O6/c1-23(49)48-21-40(22-48)16-28(17-40)44-18-25-8-7-24(15-33(25)53-2)37-36(42)30(13-14-43-37)29-5-4-6-31(35(29)41)32-11-9-26(38(46-32)54-3)19-47(39(51)52)20-27-10-12-34(50)45-27/h4-9,11,13-15,27-28,44H,10,12,16-22H2,1-3H3,(H,45,50)(H,51,52)/t27-/m0/s1. The highest BCUT2D eigenvalue weighted by atomic mass is 35.5. The Balaban J connectivity index is 1.08. The Hall–Kier alpha value is -4.91. The summed E-state index contributed by atoms with van der Waals surface area (Å²) in [4.78, 5) is 47.8. The topological polar surface area (TPSA) is 146 Å². The lowest BCUT2D eigenvalue weighted by molar-refractivity contribution is -0.149. The number of aromatic nitrogens is 2. The number of likely N-dealkylation sites (tertiary alicyclic amines) is 1. The van der Waals surface area contributed by atoms with Crippen LogP contribution in [-0.4, -0.2) is 88.7 Å². The van der Waals surface area contributed by atoms with Crippen molar-refractivity contribution in [1.29, 1.82) is 0 Å². The van der Waals surface area contributed by atoms with E-state index < -0.39 is 6.09 Å². The molecule has 1 atom stereocenters. The van der Waals surface area contributed by atoms with E-state index in [-0.39, 0.29) is 42.2 Å². The summed E-state index contributed by atoms with van der Waals surface area (Å²) in [5.74, 6) is 1.07. The number of pyridine rings is 2. The normalized spacial score (nSPS) is 17.5. The molecule has 0 radical (unpaired) electrons. The second-order valence-electron chi connectivity index (χ2n) is 14.4. The average Bonchev–Trinajstić information content (AvgIpc) is 3.54. The van der Waals surface area contributed by atoms with E-state index in [2.05, 4.69) is 15.6 Å². The van der Waals surface area contributed by atoms with Gasteiger partial charge in [0.05, 0.1) is 42.2 Å². The zero-order valence-corrected chi connectivity index (χ0v) is 31.8. The van der Waals surface area contributed by atoms with Crippen LogP contribution in [0.4, 0.5) is 4.79 Å². The molecule has 4 aromatic rings. The summed E-state index contributed by atoms with van der Waals surface area (Å²) in [6.45, 7) is 4.20. The van der Waals surface area contributed by atoms with Crippen LogP contribution in [0.5, 0.6) is 11.6 Å². The largest absolute Gasteiger partial charge is 0.496 e. The quantitative estimate of drug-likeness (QED) is 0.144. The molecule has 12 nitrogen and oxygen atoms in total. The number of ether oxygens (including phenoxy) is 2. The molecule has 0 bridgehead atoms. The molecule has 1 saturated carbocycles. The number of methoxy groups -OCH3 is 2. The first-order chi connectivity index (χ1) is 26.0. The molecule has 282 valence electrons. The number of nitrogens with zero attached hydrogens (tertiary/aromatic N) is 4. The Labute approximate surface area is 323 Å². The van der Waals surface area contributed by atoms with Gasteiger partial charge in [-0.1, -0.05) is 53.5 Å². The molecule has 1 spiro atoms. The predicted molar refractivity (Wildman–Crippen MR) is 206 cm³/mol. The van der Waals surface area contributed by atoms with Crippen molar-refractivity contribution < 1.29 is 29.0 Å². The molecule has 14 heteroatoms. The van der Waals surface area contributed by atoms with Crippen molar-refractivity contribution in [3.05, 3.63) is 82.0 Å². The summed E-state index contributed by atoms with van der Waals surface area (Å²) in [6.07, 6.45) is 3.69.